The summed E-state index contributed by atoms with van der Waals surface area (Å²) in [5.41, 5.74) is 5.48. The Balaban J connectivity index is 1.20. The van der Waals surface area contributed by atoms with Crippen LogP contribution < -0.4 is 0 Å². The quantitative estimate of drug-likeness (QED) is 0.108. The van der Waals surface area contributed by atoms with E-state index < -0.39 is 12.1 Å². The minimum atomic E-state index is -0.999. The predicted octanol–water partition coefficient (Wildman–Crippen LogP) is 5.03. The molecule has 2 heterocycles. The number of hydrogen-bond acceptors (Lipinski definition) is 12. The Kier molecular flexibility index (Phi) is 10.6. The largest absolute Gasteiger partial charge is 0.510 e. The van der Waals surface area contributed by atoms with Crippen LogP contribution >= 0.6 is 0 Å². The van der Waals surface area contributed by atoms with Crippen LogP contribution in [0.25, 0.3) is 22.5 Å². The van der Waals surface area contributed by atoms with Gasteiger partial charge in [0.1, 0.15) is 12.4 Å². The number of rotatable bonds is 14. The molecule has 47 heavy (non-hydrogen) atoms. The monoisotopic (exact) mass is 643 g/mol. The molecule has 0 aliphatic rings. The van der Waals surface area contributed by atoms with Crippen LogP contribution in [0.5, 0.6) is 0 Å². The van der Waals surface area contributed by atoms with Gasteiger partial charge in [-0.05, 0) is 46.4 Å². The second-order valence-corrected chi connectivity index (χ2v) is 10.5. The molecule has 15 heteroatoms. The van der Waals surface area contributed by atoms with Crippen molar-refractivity contribution < 1.29 is 39.4 Å². The topological polar surface area (TPSA) is 187 Å². The Labute approximate surface area is 269 Å². The number of hydrogen-bond donors (Lipinski definition) is 3. The Morgan fingerprint density at radius 2 is 1.53 bits per heavy atom. The number of carbonyl (C=O) groups excluding carboxylic acids is 1. The maximum Gasteiger partial charge on any atom is 0.510 e. The van der Waals surface area contributed by atoms with Crippen LogP contribution in [-0.2, 0) is 47.2 Å². The summed E-state index contributed by atoms with van der Waals surface area (Å²) in [6.45, 7) is 3.72. The number of tetrazole rings is 1. The first-order chi connectivity index (χ1) is 22.7. The summed E-state index contributed by atoms with van der Waals surface area (Å²) in [7, 11) is 0. The van der Waals surface area contributed by atoms with Crippen molar-refractivity contribution in [2.75, 3.05) is 0 Å². The zero-order chi connectivity index (χ0) is 33.3. The Bertz CT molecular complexity index is 1820. The fourth-order valence-electron chi connectivity index (χ4n) is 4.95. The van der Waals surface area contributed by atoms with Gasteiger partial charge in [0.25, 0.3) is 0 Å². The molecule has 0 fully saturated rings. The summed E-state index contributed by atoms with van der Waals surface area (Å²) in [5, 5.41) is 39.2. The van der Waals surface area contributed by atoms with E-state index in [9.17, 15) is 14.7 Å². The van der Waals surface area contributed by atoms with Gasteiger partial charge in [-0.2, -0.15) is 0 Å². The number of aromatic nitrogens is 6. The van der Waals surface area contributed by atoms with E-state index in [2.05, 4.69) is 25.2 Å². The van der Waals surface area contributed by atoms with Crippen molar-refractivity contribution in [3.63, 3.8) is 0 Å². The predicted molar refractivity (Wildman–Crippen MR) is 164 cm³/mol. The summed E-state index contributed by atoms with van der Waals surface area (Å²) < 4.78 is 12.0. The fraction of sp³-hybridized carbons (Fsp3) is 0.250. The maximum atomic E-state index is 12.1. The first-order valence-electron chi connectivity index (χ1n) is 14.7. The zero-order valence-corrected chi connectivity index (χ0v) is 25.7. The van der Waals surface area contributed by atoms with Crippen LogP contribution in [0.4, 0.5) is 4.79 Å². The van der Waals surface area contributed by atoms with Crippen LogP contribution in [0.2, 0.25) is 0 Å². The zero-order valence-electron chi connectivity index (χ0n) is 25.7. The number of nitrogens with zero attached hydrogens (tertiary/aromatic N) is 7. The molecule has 0 aliphatic heterocycles. The van der Waals surface area contributed by atoms with Crippen LogP contribution in [-0.4, -0.2) is 62.8 Å². The average Bonchev–Trinajstić information content (AvgIpc) is 3.66. The molecule has 5 aromatic rings. The highest BCUT2D eigenvalue weighted by Crippen LogP contribution is 2.30. The molecule has 0 unspecified atom stereocenters. The van der Waals surface area contributed by atoms with Crippen molar-refractivity contribution in [2.24, 2.45) is 0 Å². The summed E-state index contributed by atoms with van der Waals surface area (Å²) in [5.74, 6) is 0.0860. The summed E-state index contributed by atoms with van der Waals surface area (Å²) in [6.07, 6.45) is 0.618. The van der Waals surface area contributed by atoms with Crippen molar-refractivity contribution in [1.29, 1.82) is 0 Å². The molecular weight excluding hydrogens is 610 g/mol. The maximum absolute atomic E-state index is 12.1. The summed E-state index contributed by atoms with van der Waals surface area (Å²) in [4.78, 5) is 34.3. The van der Waals surface area contributed by atoms with Crippen molar-refractivity contribution in [2.45, 2.75) is 53.2 Å². The third kappa shape index (κ3) is 8.42. The highest BCUT2D eigenvalue weighted by molar-refractivity contribution is 5.87. The molecule has 15 nitrogen and oxygen atoms in total. The standard InChI is InChI=1S/C32H33N7O8/c1-3-6-28-33-21(2)29(31(40)41)37(28)17-22-13-15-25(16-14-22)26-7-4-5-8-27(26)30-34-36-38(35-30)20-46-32(42)45-18-23-9-11-24(12-10-23)19-47-39(43)44/h4-5,7-16,43-44H,3,6,17-20H2,1-2H3,(H,40,41). The van der Waals surface area contributed by atoms with Crippen LogP contribution in [0.15, 0.2) is 72.8 Å². The second-order valence-electron chi connectivity index (χ2n) is 10.5. The van der Waals surface area contributed by atoms with Crippen molar-refractivity contribution >= 4 is 12.1 Å². The lowest BCUT2D eigenvalue weighted by atomic mass is 9.98. The van der Waals surface area contributed by atoms with Gasteiger partial charge in [0.15, 0.2) is 5.69 Å². The van der Waals surface area contributed by atoms with E-state index in [1.807, 2.05) is 55.5 Å². The van der Waals surface area contributed by atoms with Gasteiger partial charge in [0, 0.05) is 18.5 Å². The molecule has 5 rings (SSSR count). The number of benzene rings is 3. The number of carboxylic acid groups (broad SMARTS) is 1. The molecule has 0 bridgehead atoms. The van der Waals surface area contributed by atoms with Gasteiger partial charge in [0.2, 0.25) is 12.6 Å². The molecule has 0 saturated heterocycles. The van der Waals surface area contributed by atoms with Gasteiger partial charge in [-0.15, -0.1) is 15.0 Å². The van der Waals surface area contributed by atoms with E-state index >= 15 is 0 Å². The molecule has 3 aromatic carbocycles. The second kappa shape index (κ2) is 15.2. The van der Waals surface area contributed by atoms with Gasteiger partial charge >= 0.3 is 12.1 Å². The van der Waals surface area contributed by atoms with Crippen molar-refractivity contribution in [3.05, 3.63) is 107 Å². The molecule has 0 saturated carbocycles. The highest BCUT2D eigenvalue weighted by atomic mass is 17.1. The molecule has 0 spiro atoms. The number of carboxylic acids is 1. The lowest BCUT2D eigenvalue weighted by Gasteiger charge is -2.12. The lowest BCUT2D eigenvalue weighted by molar-refractivity contribution is -0.497. The third-order valence-corrected chi connectivity index (χ3v) is 7.15. The first kappa shape index (κ1) is 32.9. The molecule has 2 aromatic heterocycles. The van der Waals surface area contributed by atoms with Gasteiger partial charge in [-0.1, -0.05) is 79.7 Å². The minimum Gasteiger partial charge on any atom is -0.477 e. The SMILES string of the molecule is CCCc1nc(C)c(C(=O)O)n1Cc1ccc(-c2ccccc2-c2nnn(COC(=O)OCc3ccc(CON(O)O)cc3)n2)cc1. The Morgan fingerprint density at radius 3 is 2.19 bits per heavy atom. The summed E-state index contributed by atoms with van der Waals surface area (Å²) in [6, 6.07) is 22.1. The van der Waals surface area contributed by atoms with Gasteiger partial charge < -0.3 is 19.1 Å². The molecule has 0 amide bonds. The number of aryl methyl sites for hydroxylation is 2. The third-order valence-electron chi connectivity index (χ3n) is 7.15. The lowest BCUT2D eigenvalue weighted by Crippen LogP contribution is -2.14. The Morgan fingerprint density at radius 1 is 0.872 bits per heavy atom. The summed E-state index contributed by atoms with van der Waals surface area (Å²) >= 11 is 0. The smallest absolute Gasteiger partial charge is 0.477 e. The first-order valence-corrected chi connectivity index (χ1v) is 14.7. The number of ether oxygens (including phenoxy) is 2. The van der Waals surface area contributed by atoms with Gasteiger partial charge in [-0.25, -0.2) is 19.4 Å². The normalized spacial score (nSPS) is 11.2. The molecule has 0 aliphatic carbocycles. The molecule has 0 atom stereocenters. The number of carbonyl (C=O) groups is 2. The van der Waals surface area contributed by atoms with Crippen LogP contribution in [0.1, 0.15) is 52.0 Å². The molecule has 244 valence electrons. The van der Waals surface area contributed by atoms with E-state index in [0.29, 0.717) is 35.6 Å². The van der Waals surface area contributed by atoms with Crippen LogP contribution in [0, 0.1) is 6.92 Å². The van der Waals surface area contributed by atoms with E-state index in [4.69, 9.17) is 19.9 Å². The van der Waals surface area contributed by atoms with Gasteiger partial charge in [0.05, 0.1) is 17.7 Å². The van der Waals surface area contributed by atoms with Crippen LogP contribution in [0.3, 0.4) is 0 Å². The van der Waals surface area contributed by atoms with Crippen molar-refractivity contribution in [3.8, 4) is 22.5 Å². The van der Waals surface area contributed by atoms with E-state index in [1.165, 1.54) is 0 Å². The van der Waals surface area contributed by atoms with Crippen molar-refractivity contribution in [1.82, 2.24) is 35.1 Å². The Hall–Kier alpha value is -5.48. The minimum absolute atomic E-state index is 0.0448. The highest BCUT2D eigenvalue weighted by Gasteiger charge is 2.20. The number of imidazole rings is 1. The molecule has 3 N–H and O–H groups in total. The van der Waals surface area contributed by atoms with E-state index in [-0.39, 0.29) is 31.0 Å². The average molecular weight is 644 g/mol. The van der Waals surface area contributed by atoms with E-state index in [0.717, 1.165) is 39.3 Å². The number of aromatic carboxylic acids is 1. The van der Waals surface area contributed by atoms with Gasteiger partial charge in [-0.3, -0.25) is 10.4 Å². The molecule has 0 radical (unpaired) electrons. The molecular formula is C32H33N7O8. The van der Waals surface area contributed by atoms with E-state index in [1.54, 1.807) is 35.8 Å². The fourth-order valence-corrected chi connectivity index (χ4v) is 4.95.